The third-order valence-corrected chi connectivity index (χ3v) is 6.68. The third kappa shape index (κ3) is 3.95. The van der Waals surface area contributed by atoms with Gasteiger partial charge in [0.05, 0.1) is 0 Å². The van der Waals surface area contributed by atoms with Crippen LogP contribution >= 0.6 is 0 Å². The zero-order valence-corrected chi connectivity index (χ0v) is 17.3. The van der Waals surface area contributed by atoms with Crippen LogP contribution in [0.25, 0.3) is 0 Å². The van der Waals surface area contributed by atoms with Gasteiger partial charge in [-0.3, -0.25) is 4.90 Å². The lowest BCUT2D eigenvalue weighted by Crippen LogP contribution is -2.39. The maximum Gasteiger partial charge on any atom is 0.119 e. The molecule has 0 aromatic heterocycles. The number of phenolic OH excluding ortho intramolecular Hbond substituents is 1. The minimum atomic E-state index is 0.284. The van der Waals surface area contributed by atoms with Crippen LogP contribution in [-0.4, -0.2) is 36.2 Å². The molecule has 1 aliphatic carbocycles. The van der Waals surface area contributed by atoms with Crippen molar-refractivity contribution < 1.29 is 9.84 Å². The second kappa shape index (κ2) is 8.53. The second-order valence-electron chi connectivity index (χ2n) is 8.53. The topological polar surface area (TPSA) is 32.7 Å². The van der Waals surface area contributed by atoms with E-state index in [4.69, 9.17) is 4.74 Å². The maximum atomic E-state index is 9.99. The van der Waals surface area contributed by atoms with Gasteiger partial charge in [-0.25, -0.2) is 0 Å². The van der Waals surface area contributed by atoms with E-state index in [1.807, 2.05) is 12.1 Å². The molecule has 1 heterocycles. The van der Waals surface area contributed by atoms with Gasteiger partial charge >= 0.3 is 0 Å². The highest BCUT2D eigenvalue weighted by Gasteiger charge is 2.32. The van der Waals surface area contributed by atoms with Gasteiger partial charge in [0.15, 0.2) is 0 Å². The summed E-state index contributed by atoms with van der Waals surface area (Å²) < 4.78 is 5.98. The number of aromatic hydroxyl groups is 1. The van der Waals surface area contributed by atoms with Gasteiger partial charge < -0.3 is 9.84 Å². The molecule has 5 rings (SSSR count). The molecule has 1 aliphatic heterocycles. The van der Waals surface area contributed by atoms with Crippen molar-refractivity contribution in [3.05, 3.63) is 95.1 Å². The van der Waals surface area contributed by atoms with Crippen molar-refractivity contribution >= 4 is 0 Å². The van der Waals surface area contributed by atoms with Crippen molar-refractivity contribution in [2.24, 2.45) is 0 Å². The van der Waals surface area contributed by atoms with Crippen LogP contribution in [0, 0.1) is 0 Å². The molecule has 3 nitrogen and oxygen atoms in total. The summed E-state index contributed by atoms with van der Waals surface area (Å²) in [6.45, 7) is 4.18. The van der Waals surface area contributed by atoms with Crippen LogP contribution in [0.4, 0.5) is 0 Å². The van der Waals surface area contributed by atoms with Gasteiger partial charge in [-0.15, -0.1) is 0 Å². The van der Waals surface area contributed by atoms with Crippen molar-refractivity contribution in [3.8, 4) is 11.5 Å². The minimum absolute atomic E-state index is 0.284. The van der Waals surface area contributed by atoms with Crippen LogP contribution in [0.2, 0.25) is 0 Å². The quantitative estimate of drug-likeness (QED) is 0.607. The SMILES string of the molecule is Oc1ccc2c(c1)CC[C@H](c1ccccc1)[C@@H]2c1ccc(OCCN2CCC2)cc1. The van der Waals surface area contributed by atoms with Crippen molar-refractivity contribution in [1.82, 2.24) is 4.90 Å². The highest BCUT2D eigenvalue weighted by molar-refractivity contribution is 5.48. The first-order valence-corrected chi connectivity index (χ1v) is 11.1. The third-order valence-electron chi connectivity index (χ3n) is 6.68. The van der Waals surface area contributed by atoms with Crippen molar-refractivity contribution in [3.63, 3.8) is 0 Å². The lowest BCUT2D eigenvalue weighted by molar-refractivity contribution is 0.147. The molecule has 2 aliphatic rings. The Morgan fingerprint density at radius 2 is 1.70 bits per heavy atom. The van der Waals surface area contributed by atoms with Crippen molar-refractivity contribution in [2.45, 2.75) is 31.1 Å². The molecule has 2 atom stereocenters. The molecule has 1 saturated heterocycles. The molecule has 0 radical (unpaired) electrons. The fourth-order valence-electron chi connectivity index (χ4n) is 4.95. The first-order valence-electron chi connectivity index (χ1n) is 11.1. The van der Waals surface area contributed by atoms with Gasteiger partial charge in [-0.1, -0.05) is 48.5 Å². The Balaban J connectivity index is 1.41. The van der Waals surface area contributed by atoms with E-state index in [0.29, 0.717) is 11.7 Å². The molecule has 0 bridgehead atoms. The molecule has 30 heavy (non-hydrogen) atoms. The highest BCUT2D eigenvalue weighted by atomic mass is 16.5. The minimum Gasteiger partial charge on any atom is -0.508 e. The Morgan fingerprint density at radius 3 is 2.43 bits per heavy atom. The van der Waals surface area contributed by atoms with E-state index in [-0.39, 0.29) is 5.92 Å². The second-order valence-corrected chi connectivity index (χ2v) is 8.53. The van der Waals surface area contributed by atoms with E-state index in [2.05, 4.69) is 65.6 Å². The van der Waals surface area contributed by atoms with Crippen LogP contribution in [0.3, 0.4) is 0 Å². The van der Waals surface area contributed by atoms with Crippen molar-refractivity contribution in [2.75, 3.05) is 26.2 Å². The van der Waals surface area contributed by atoms with Gasteiger partial charge in [-0.05, 0) is 84.8 Å². The summed E-state index contributed by atoms with van der Waals surface area (Å²) in [4.78, 5) is 2.42. The summed E-state index contributed by atoms with van der Waals surface area (Å²) in [6.07, 6.45) is 3.40. The molecule has 0 unspecified atom stereocenters. The van der Waals surface area contributed by atoms with Crippen molar-refractivity contribution in [1.29, 1.82) is 0 Å². The van der Waals surface area contributed by atoms with Crippen LogP contribution in [0.5, 0.6) is 11.5 Å². The number of benzene rings is 3. The number of fused-ring (bicyclic) bond motifs is 1. The fourth-order valence-corrected chi connectivity index (χ4v) is 4.95. The summed E-state index contributed by atoms with van der Waals surface area (Å²) in [6, 6.07) is 25.4. The Bertz CT molecular complexity index is 980. The molecule has 3 heteroatoms. The summed E-state index contributed by atoms with van der Waals surface area (Å²) in [5, 5.41) is 9.99. The molecule has 0 saturated carbocycles. The Hall–Kier alpha value is -2.78. The van der Waals surface area contributed by atoms with E-state index in [9.17, 15) is 5.11 Å². The van der Waals surface area contributed by atoms with Crippen LogP contribution in [0.15, 0.2) is 72.8 Å². The Labute approximate surface area is 178 Å². The standard InChI is InChI=1S/C27H29NO2/c29-23-10-14-26-22(19-23)9-13-25(20-5-2-1-3-6-20)27(26)21-7-11-24(12-8-21)30-18-17-28-15-4-16-28/h1-3,5-8,10-12,14,19,25,27,29H,4,9,13,15-18H2/t25-,27+/m1/s1. The summed E-state index contributed by atoms with van der Waals surface area (Å²) in [5.41, 5.74) is 5.29. The normalized spacial score (nSPS) is 20.9. The van der Waals surface area contributed by atoms with Gasteiger partial charge in [0.2, 0.25) is 0 Å². The molecule has 0 amide bonds. The van der Waals surface area contributed by atoms with E-state index in [1.165, 1.54) is 41.8 Å². The molecular weight excluding hydrogens is 370 g/mol. The molecular formula is C27H29NO2. The predicted octanol–water partition coefficient (Wildman–Crippen LogP) is 5.34. The van der Waals surface area contributed by atoms with Crippen LogP contribution < -0.4 is 4.74 Å². The number of likely N-dealkylation sites (tertiary alicyclic amines) is 1. The highest BCUT2D eigenvalue weighted by Crippen LogP contribution is 2.47. The van der Waals surface area contributed by atoms with E-state index < -0.39 is 0 Å². The Morgan fingerprint density at radius 1 is 0.900 bits per heavy atom. The monoisotopic (exact) mass is 399 g/mol. The van der Waals surface area contributed by atoms with E-state index >= 15 is 0 Å². The number of aryl methyl sites for hydroxylation is 1. The van der Waals surface area contributed by atoms with Gasteiger partial charge in [0.25, 0.3) is 0 Å². The van der Waals surface area contributed by atoms with Gasteiger partial charge in [0, 0.05) is 12.5 Å². The number of phenols is 1. The van der Waals surface area contributed by atoms with Crippen LogP contribution in [-0.2, 0) is 6.42 Å². The molecule has 3 aromatic rings. The summed E-state index contributed by atoms with van der Waals surface area (Å²) >= 11 is 0. The maximum absolute atomic E-state index is 9.99. The molecule has 1 N–H and O–H groups in total. The summed E-state index contributed by atoms with van der Waals surface area (Å²) in [7, 11) is 0. The average Bonchev–Trinajstić information content (AvgIpc) is 2.75. The van der Waals surface area contributed by atoms with E-state index in [1.54, 1.807) is 0 Å². The van der Waals surface area contributed by atoms with Gasteiger partial charge in [0.1, 0.15) is 18.1 Å². The molecule has 1 fully saturated rings. The predicted molar refractivity (Wildman–Crippen MR) is 120 cm³/mol. The number of hydrogen-bond acceptors (Lipinski definition) is 3. The molecule has 154 valence electrons. The number of rotatable bonds is 6. The lowest BCUT2D eigenvalue weighted by atomic mass is 9.69. The average molecular weight is 400 g/mol. The van der Waals surface area contributed by atoms with Gasteiger partial charge in [-0.2, -0.15) is 0 Å². The largest absolute Gasteiger partial charge is 0.508 e. The lowest BCUT2D eigenvalue weighted by Gasteiger charge is -2.35. The van der Waals surface area contributed by atoms with E-state index in [0.717, 1.165) is 31.7 Å². The number of hydrogen-bond donors (Lipinski definition) is 1. The number of ether oxygens (including phenoxy) is 1. The smallest absolute Gasteiger partial charge is 0.119 e. The Kier molecular flexibility index (Phi) is 5.46. The summed E-state index contributed by atoms with van der Waals surface area (Å²) in [5.74, 6) is 2.02. The molecule has 0 spiro atoms. The zero-order chi connectivity index (χ0) is 20.3. The molecule has 3 aromatic carbocycles. The van der Waals surface area contributed by atoms with Crippen LogP contribution in [0.1, 0.15) is 46.9 Å². The zero-order valence-electron chi connectivity index (χ0n) is 17.3. The fraction of sp³-hybridized carbons (Fsp3) is 0.333. The number of nitrogens with zero attached hydrogens (tertiary/aromatic N) is 1. The first-order chi connectivity index (χ1) is 14.8. The first kappa shape index (κ1) is 19.2.